The minimum Gasteiger partial charge on any atom is -0.318 e. The maximum Gasteiger partial charge on any atom is 0.0541 e. The topological polar surface area (TPSA) is 8.17 Å². The summed E-state index contributed by atoms with van der Waals surface area (Å²) < 4.78 is 2.37. The van der Waals surface area contributed by atoms with Crippen LogP contribution in [-0.2, 0) is 0 Å². The molecule has 0 radical (unpaired) electrons. The molecule has 0 unspecified atom stereocenters. The minimum absolute atomic E-state index is 1.13. The standard InChI is InChI=1S/C35H28N2/c1-2-24-36(31-14-8-4-9-15-31)32-22-20-27(21-23-32)29-18-19-30-26-34(28-12-6-3-7-13-28)37(35(30)25-29)33-16-10-5-11-17-33/h2-26H,1H3/b24-2-. The van der Waals surface area contributed by atoms with Crippen LogP contribution in [0.15, 0.2) is 152 Å². The van der Waals surface area contributed by atoms with E-state index in [2.05, 4.69) is 155 Å². The number of para-hydroxylation sites is 2. The van der Waals surface area contributed by atoms with Gasteiger partial charge < -0.3 is 9.47 Å². The molecule has 0 spiro atoms. The number of aromatic nitrogens is 1. The third-order valence-electron chi connectivity index (χ3n) is 6.70. The summed E-state index contributed by atoms with van der Waals surface area (Å²) in [6, 6.07) is 49.5. The van der Waals surface area contributed by atoms with Crippen LogP contribution in [0.4, 0.5) is 11.4 Å². The van der Waals surface area contributed by atoms with E-state index in [-0.39, 0.29) is 0 Å². The van der Waals surface area contributed by atoms with E-state index in [1.807, 2.05) is 13.0 Å². The van der Waals surface area contributed by atoms with Crippen LogP contribution in [0.5, 0.6) is 0 Å². The van der Waals surface area contributed by atoms with E-state index in [1.54, 1.807) is 0 Å². The van der Waals surface area contributed by atoms with Crippen molar-refractivity contribution < 1.29 is 0 Å². The fourth-order valence-corrected chi connectivity index (χ4v) is 4.93. The number of fused-ring (bicyclic) bond motifs is 1. The molecule has 0 saturated heterocycles. The molecule has 6 rings (SSSR count). The highest BCUT2D eigenvalue weighted by Crippen LogP contribution is 2.35. The first-order chi connectivity index (χ1) is 18.3. The molecule has 0 atom stereocenters. The summed E-state index contributed by atoms with van der Waals surface area (Å²) in [5.41, 5.74) is 9.43. The lowest BCUT2D eigenvalue weighted by Crippen LogP contribution is -2.07. The number of allylic oxidation sites excluding steroid dienone is 1. The van der Waals surface area contributed by atoms with Gasteiger partial charge in [-0.25, -0.2) is 0 Å². The summed E-state index contributed by atoms with van der Waals surface area (Å²) in [6.07, 6.45) is 4.17. The first-order valence-electron chi connectivity index (χ1n) is 12.7. The number of hydrogen-bond acceptors (Lipinski definition) is 1. The fourth-order valence-electron chi connectivity index (χ4n) is 4.93. The molecule has 0 bridgehead atoms. The molecule has 37 heavy (non-hydrogen) atoms. The summed E-state index contributed by atoms with van der Waals surface area (Å²) in [6.45, 7) is 2.05. The van der Waals surface area contributed by atoms with Crippen molar-refractivity contribution in [2.45, 2.75) is 6.92 Å². The Morgan fingerprint density at radius 3 is 1.81 bits per heavy atom. The van der Waals surface area contributed by atoms with Gasteiger partial charge in [0.25, 0.3) is 0 Å². The van der Waals surface area contributed by atoms with Gasteiger partial charge in [-0.3, -0.25) is 0 Å². The molecular formula is C35H28N2. The molecule has 1 aromatic heterocycles. The molecule has 0 N–H and O–H groups in total. The second kappa shape index (κ2) is 10.0. The quantitative estimate of drug-likeness (QED) is 0.232. The van der Waals surface area contributed by atoms with Gasteiger partial charge in [0.15, 0.2) is 0 Å². The van der Waals surface area contributed by atoms with Crippen LogP contribution in [0.3, 0.4) is 0 Å². The lowest BCUT2D eigenvalue weighted by atomic mass is 10.0. The molecule has 5 aromatic carbocycles. The Labute approximate surface area is 218 Å². The van der Waals surface area contributed by atoms with E-state index in [1.165, 1.54) is 33.3 Å². The SMILES string of the molecule is C/C=C\N(c1ccccc1)c1ccc(-c2ccc3cc(-c4ccccc4)n(-c4ccccc4)c3c2)cc1. The number of rotatable bonds is 6. The van der Waals surface area contributed by atoms with Gasteiger partial charge in [-0.05, 0) is 72.1 Å². The Morgan fingerprint density at radius 1 is 0.541 bits per heavy atom. The van der Waals surface area contributed by atoms with E-state index >= 15 is 0 Å². The van der Waals surface area contributed by atoms with Crippen LogP contribution in [-0.4, -0.2) is 4.57 Å². The zero-order valence-electron chi connectivity index (χ0n) is 20.8. The predicted molar refractivity (Wildman–Crippen MR) is 158 cm³/mol. The predicted octanol–water partition coefficient (Wildman–Crippen LogP) is 9.64. The molecule has 0 saturated carbocycles. The maximum atomic E-state index is 2.37. The molecule has 0 fully saturated rings. The second-order valence-corrected chi connectivity index (χ2v) is 9.07. The molecule has 0 aliphatic carbocycles. The third kappa shape index (κ3) is 4.46. The molecule has 178 valence electrons. The Morgan fingerprint density at radius 2 is 1.14 bits per heavy atom. The zero-order valence-corrected chi connectivity index (χ0v) is 20.8. The highest BCUT2D eigenvalue weighted by molar-refractivity contribution is 5.92. The highest BCUT2D eigenvalue weighted by Gasteiger charge is 2.14. The Bertz CT molecular complexity index is 1650. The van der Waals surface area contributed by atoms with Crippen molar-refractivity contribution in [2.24, 2.45) is 0 Å². The van der Waals surface area contributed by atoms with Crippen LogP contribution in [0, 0.1) is 0 Å². The zero-order chi connectivity index (χ0) is 25.0. The van der Waals surface area contributed by atoms with Crippen LogP contribution >= 0.6 is 0 Å². The van der Waals surface area contributed by atoms with Gasteiger partial charge in [0, 0.05) is 28.6 Å². The van der Waals surface area contributed by atoms with E-state index in [0.29, 0.717) is 0 Å². The summed E-state index contributed by atoms with van der Waals surface area (Å²) >= 11 is 0. The Balaban J connectivity index is 1.44. The second-order valence-electron chi connectivity index (χ2n) is 9.07. The smallest absolute Gasteiger partial charge is 0.0541 e. The Kier molecular flexibility index (Phi) is 6.14. The molecule has 2 nitrogen and oxygen atoms in total. The first-order valence-corrected chi connectivity index (χ1v) is 12.7. The third-order valence-corrected chi connectivity index (χ3v) is 6.70. The summed E-state index contributed by atoms with van der Waals surface area (Å²) in [5, 5.41) is 1.23. The van der Waals surface area contributed by atoms with Crippen molar-refractivity contribution in [3.05, 3.63) is 152 Å². The molecule has 6 aromatic rings. The lowest BCUT2D eigenvalue weighted by molar-refractivity contribution is 1.13. The number of benzene rings is 5. The van der Waals surface area contributed by atoms with Gasteiger partial charge in [-0.1, -0.05) is 97.1 Å². The van der Waals surface area contributed by atoms with E-state index < -0.39 is 0 Å². The van der Waals surface area contributed by atoms with Crippen molar-refractivity contribution in [1.82, 2.24) is 4.57 Å². The minimum atomic E-state index is 1.13. The van der Waals surface area contributed by atoms with Gasteiger partial charge in [0.2, 0.25) is 0 Å². The van der Waals surface area contributed by atoms with Crippen LogP contribution in [0.25, 0.3) is 39.0 Å². The van der Waals surface area contributed by atoms with Crippen molar-refractivity contribution in [3.63, 3.8) is 0 Å². The summed E-state index contributed by atoms with van der Waals surface area (Å²) in [5.74, 6) is 0. The van der Waals surface area contributed by atoms with E-state index in [4.69, 9.17) is 0 Å². The number of hydrogen-bond donors (Lipinski definition) is 0. The normalized spacial score (nSPS) is 11.3. The maximum absolute atomic E-state index is 2.37. The van der Waals surface area contributed by atoms with Crippen LogP contribution in [0.2, 0.25) is 0 Å². The van der Waals surface area contributed by atoms with Gasteiger partial charge in [-0.2, -0.15) is 0 Å². The average molecular weight is 477 g/mol. The monoisotopic (exact) mass is 476 g/mol. The number of anilines is 2. The van der Waals surface area contributed by atoms with Crippen molar-refractivity contribution in [1.29, 1.82) is 0 Å². The van der Waals surface area contributed by atoms with Gasteiger partial charge >= 0.3 is 0 Å². The molecule has 0 aliphatic rings. The van der Waals surface area contributed by atoms with E-state index in [0.717, 1.165) is 17.1 Å². The highest BCUT2D eigenvalue weighted by atomic mass is 15.1. The molecule has 2 heteroatoms. The fraction of sp³-hybridized carbons (Fsp3) is 0.0286. The lowest BCUT2D eigenvalue weighted by Gasteiger charge is -2.21. The Hall–Kier alpha value is -4.82. The van der Waals surface area contributed by atoms with Crippen molar-refractivity contribution >= 4 is 22.3 Å². The van der Waals surface area contributed by atoms with Crippen LogP contribution in [0.1, 0.15) is 6.92 Å². The van der Waals surface area contributed by atoms with Crippen molar-refractivity contribution in [2.75, 3.05) is 4.90 Å². The van der Waals surface area contributed by atoms with Gasteiger partial charge in [0.1, 0.15) is 0 Å². The van der Waals surface area contributed by atoms with Gasteiger partial charge in [-0.15, -0.1) is 0 Å². The average Bonchev–Trinajstić information content (AvgIpc) is 3.36. The molecule has 0 amide bonds. The van der Waals surface area contributed by atoms with Crippen molar-refractivity contribution in [3.8, 4) is 28.1 Å². The largest absolute Gasteiger partial charge is 0.318 e. The summed E-state index contributed by atoms with van der Waals surface area (Å²) in [4.78, 5) is 2.21. The van der Waals surface area contributed by atoms with Gasteiger partial charge in [0.05, 0.1) is 11.2 Å². The molecule has 1 heterocycles. The molecular weight excluding hydrogens is 448 g/mol. The summed E-state index contributed by atoms with van der Waals surface area (Å²) in [7, 11) is 0. The first kappa shape index (κ1) is 22.6. The van der Waals surface area contributed by atoms with Crippen LogP contribution < -0.4 is 4.90 Å². The number of nitrogens with zero attached hydrogens (tertiary/aromatic N) is 2. The molecule has 0 aliphatic heterocycles. The van der Waals surface area contributed by atoms with E-state index in [9.17, 15) is 0 Å².